The highest BCUT2D eigenvalue weighted by Gasteiger charge is 2.35. The Morgan fingerprint density at radius 3 is 2.28 bits per heavy atom. The van der Waals surface area contributed by atoms with Crippen LogP contribution in [0.4, 0.5) is 0 Å². The lowest BCUT2D eigenvalue weighted by atomic mass is 9.84. The van der Waals surface area contributed by atoms with Gasteiger partial charge in [0.15, 0.2) is 0 Å². The van der Waals surface area contributed by atoms with E-state index in [0.717, 1.165) is 23.2 Å². The lowest BCUT2D eigenvalue weighted by Crippen LogP contribution is -2.57. The van der Waals surface area contributed by atoms with Crippen molar-refractivity contribution >= 4 is 11.4 Å². The molecule has 3 aliphatic rings. The number of carbonyl (C=O) groups is 1. The maximum absolute atomic E-state index is 13.0. The van der Waals surface area contributed by atoms with Crippen LogP contribution in [0.1, 0.15) is 23.2 Å². The molecule has 5 heterocycles. The summed E-state index contributed by atoms with van der Waals surface area (Å²) in [5, 5.41) is 3.31. The van der Waals surface area contributed by atoms with Crippen LogP contribution in [-0.2, 0) is 0 Å². The SMILES string of the molecule is O=C(N[C@H]1CN2CCC1CC2)c1cc2ccc(-c3cccc(-c4ccccc4)c3)cn2c1. The highest BCUT2D eigenvalue weighted by molar-refractivity contribution is 5.96. The minimum Gasteiger partial charge on any atom is -0.348 e. The third kappa shape index (κ3) is 3.61. The fraction of sp³-hybridized carbons (Fsp3) is 0.250. The van der Waals surface area contributed by atoms with Crippen molar-refractivity contribution in [3.8, 4) is 22.3 Å². The highest BCUT2D eigenvalue weighted by atomic mass is 16.1. The molecule has 0 unspecified atom stereocenters. The van der Waals surface area contributed by atoms with E-state index in [1.165, 1.54) is 42.6 Å². The molecule has 4 heteroatoms. The Bertz CT molecular complexity index is 1270. The molecule has 32 heavy (non-hydrogen) atoms. The number of benzene rings is 2. The van der Waals surface area contributed by atoms with Crippen LogP contribution in [0, 0.1) is 5.92 Å². The number of nitrogens with one attached hydrogen (secondary N) is 1. The molecule has 2 bridgehead atoms. The van der Waals surface area contributed by atoms with Crippen LogP contribution in [0.3, 0.4) is 0 Å². The average Bonchev–Trinajstić information content (AvgIpc) is 3.29. The molecule has 0 spiro atoms. The Labute approximate surface area is 188 Å². The molecule has 3 saturated heterocycles. The second kappa shape index (κ2) is 7.95. The molecule has 0 radical (unpaired) electrons. The van der Waals surface area contributed by atoms with Crippen molar-refractivity contribution in [2.75, 3.05) is 19.6 Å². The zero-order chi connectivity index (χ0) is 21.5. The van der Waals surface area contributed by atoms with Gasteiger partial charge < -0.3 is 14.6 Å². The number of fused-ring (bicyclic) bond motifs is 4. The molecule has 4 nitrogen and oxygen atoms in total. The number of carbonyl (C=O) groups excluding carboxylic acids is 1. The Morgan fingerprint density at radius 2 is 1.53 bits per heavy atom. The Hall–Kier alpha value is -3.37. The average molecular weight is 422 g/mol. The van der Waals surface area contributed by atoms with E-state index in [1.54, 1.807) is 0 Å². The van der Waals surface area contributed by atoms with E-state index in [0.29, 0.717) is 5.92 Å². The Kier molecular flexibility index (Phi) is 4.80. The van der Waals surface area contributed by atoms with Crippen molar-refractivity contribution in [1.29, 1.82) is 0 Å². The van der Waals surface area contributed by atoms with Gasteiger partial charge in [0.05, 0.1) is 5.56 Å². The Balaban J connectivity index is 1.25. The highest BCUT2D eigenvalue weighted by Crippen LogP contribution is 2.29. The van der Waals surface area contributed by atoms with Gasteiger partial charge in [-0.15, -0.1) is 0 Å². The van der Waals surface area contributed by atoms with Crippen molar-refractivity contribution in [2.24, 2.45) is 5.92 Å². The summed E-state index contributed by atoms with van der Waals surface area (Å²) in [6.07, 6.45) is 6.48. The molecule has 0 aliphatic carbocycles. The van der Waals surface area contributed by atoms with Crippen LogP contribution < -0.4 is 5.32 Å². The summed E-state index contributed by atoms with van der Waals surface area (Å²) >= 11 is 0. The van der Waals surface area contributed by atoms with Crippen LogP contribution in [0.5, 0.6) is 0 Å². The quantitative estimate of drug-likeness (QED) is 0.498. The maximum Gasteiger partial charge on any atom is 0.253 e. The molecule has 1 atom stereocenters. The van der Waals surface area contributed by atoms with Crippen LogP contribution in [0.15, 0.2) is 85.2 Å². The van der Waals surface area contributed by atoms with Crippen molar-refractivity contribution in [3.05, 3.63) is 90.8 Å². The van der Waals surface area contributed by atoms with E-state index in [9.17, 15) is 4.79 Å². The predicted octanol–water partition coefficient (Wildman–Crippen LogP) is 5.10. The molecule has 160 valence electrons. The minimum absolute atomic E-state index is 0.0417. The van der Waals surface area contributed by atoms with Gasteiger partial charge in [-0.25, -0.2) is 0 Å². The molecule has 7 rings (SSSR count). The number of amides is 1. The molecule has 1 N–H and O–H groups in total. The first-order chi connectivity index (χ1) is 15.7. The second-order valence-corrected chi connectivity index (χ2v) is 9.14. The van der Waals surface area contributed by atoms with E-state index in [4.69, 9.17) is 0 Å². The van der Waals surface area contributed by atoms with Gasteiger partial charge in [0.2, 0.25) is 0 Å². The molecule has 0 saturated carbocycles. The van der Waals surface area contributed by atoms with E-state index in [1.807, 2.05) is 18.3 Å². The molecule has 2 aromatic heterocycles. The molecular weight excluding hydrogens is 394 g/mol. The fourth-order valence-corrected chi connectivity index (χ4v) is 5.29. The van der Waals surface area contributed by atoms with Crippen molar-refractivity contribution in [3.63, 3.8) is 0 Å². The first-order valence-electron chi connectivity index (χ1n) is 11.5. The predicted molar refractivity (Wildman–Crippen MR) is 129 cm³/mol. The van der Waals surface area contributed by atoms with Crippen LogP contribution in [0.25, 0.3) is 27.8 Å². The van der Waals surface area contributed by atoms with Crippen LogP contribution in [-0.4, -0.2) is 40.9 Å². The largest absolute Gasteiger partial charge is 0.348 e. The monoisotopic (exact) mass is 421 g/mol. The maximum atomic E-state index is 13.0. The van der Waals surface area contributed by atoms with Gasteiger partial charge >= 0.3 is 0 Å². The smallest absolute Gasteiger partial charge is 0.253 e. The second-order valence-electron chi connectivity index (χ2n) is 9.14. The molecule has 3 aliphatic heterocycles. The topological polar surface area (TPSA) is 36.8 Å². The van der Waals surface area contributed by atoms with E-state index < -0.39 is 0 Å². The van der Waals surface area contributed by atoms with Gasteiger partial charge in [-0.3, -0.25) is 4.79 Å². The summed E-state index contributed by atoms with van der Waals surface area (Å²) in [5.74, 6) is 0.671. The van der Waals surface area contributed by atoms with Crippen molar-refractivity contribution in [1.82, 2.24) is 14.6 Å². The van der Waals surface area contributed by atoms with Gasteiger partial charge in [0.1, 0.15) is 0 Å². The van der Waals surface area contributed by atoms with Gasteiger partial charge in [-0.2, -0.15) is 0 Å². The molecular formula is C28H27N3O. The fourth-order valence-electron chi connectivity index (χ4n) is 5.29. The number of aromatic nitrogens is 1. The standard InChI is InChI=1S/C28H27N3O/c32-28(29-27-19-30-13-11-21(27)12-14-30)25-16-26-10-9-24(17-31(26)18-25)23-8-4-7-22(15-23)20-5-2-1-3-6-20/h1-10,15-18,21,27H,11-14,19H2,(H,29,32)/t27-/m0/s1. The summed E-state index contributed by atoms with van der Waals surface area (Å²) in [5.41, 5.74) is 6.48. The number of rotatable bonds is 4. The normalized spacial score (nSPS) is 22.2. The molecule has 1 amide bonds. The summed E-state index contributed by atoms with van der Waals surface area (Å²) in [7, 11) is 0. The zero-order valence-corrected chi connectivity index (χ0v) is 18.1. The summed E-state index contributed by atoms with van der Waals surface area (Å²) in [6, 6.07) is 25.5. The third-order valence-corrected chi connectivity index (χ3v) is 7.13. The third-order valence-electron chi connectivity index (χ3n) is 7.13. The Morgan fingerprint density at radius 1 is 0.781 bits per heavy atom. The van der Waals surface area contributed by atoms with Crippen LogP contribution >= 0.6 is 0 Å². The molecule has 2 aromatic carbocycles. The lowest BCUT2D eigenvalue weighted by Gasteiger charge is -2.44. The summed E-state index contributed by atoms with van der Waals surface area (Å²) in [6.45, 7) is 3.36. The molecule has 4 aromatic rings. The first kappa shape index (κ1) is 19.3. The number of hydrogen-bond acceptors (Lipinski definition) is 2. The minimum atomic E-state index is 0.0417. The number of pyridine rings is 1. The zero-order valence-electron chi connectivity index (χ0n) is 18.1. The van der Waals surface area contributed by atoms with E-state index in [-0.39, 0.29) is 11.9 Å². The lowest BCUT2D eigenvalue weighted by molar-refractivity contribution is 0.0620. The summed E-state index contributed by atoms with van der Waals surface area (Å²) < 4.78 is 2.07. The van der Waals surface area contributed by atoms with E-state index in [2.05, 4.69) is 81.5 Å². The van der Waals surface area contributed by atoms with Gasteiger partial charge in [0, 0.05) is 30.5 Å². The summed E-state index contributed by atoms with van der Waals surface area (Å²) in [4.78, 5) is 15.4. The number of piperidine rings is 3. The first-order valence-corrected chi connectivity index (χ1v) is 11.5. The van der Waals surface area contributed by atoms with Crippen molar-refractivity contribution < 1.29 is 4.79 Å². The number of hydrogen-bond donors (Lipinski definition) is 1. The van der Waals surface area contributed by atoms with Crippen LogP contribution in [0.2, 0.25) is 0 Å². The molecule has 3 fully saturated rings. The number of nitrogens with zero attached hydrogens (tertiary/aromatic N) is 2. The van der Waals surface area contributed by atoms with Gasteiger partial charge in [-0.05, 0) is 72.3 Å². The van der Waals surface area contributed by atoms with Gasteiger partial charge in [-0.1, -0.05) is 54.6 Å². The van der Waals surface area contributed by atoms with Crippen molar-refractivity contribution in [2.45, 2.75) is 18.9 Å². The van der Waals surface area contributed by atoms with Gasteiger partial charge in [0.25, 0.3) is 5.91 Å². The van der Waals surface area contributed by atoms with E-state index >= 15 is 0 Å².